The first-order valence-electron chi connectivity index (χ1n) is 7.10. The van der Waals surface area contributed by atoms with Crippen molar-refractivity contribution in [2.75, 3.05) is 19.3 Å². The highest BCUT2D eigenvalue weighted by molar-refractivity contribution is 6.30. The Kier molecular flexibility index (Phi) is 6.07. The van der Waals surface area contributed by atoms with Gasteiger partial charge < -0.3 is 9.47 Å². The number of rotatable bonds is 4. The summed E-state index contributed by atoms with van der Waals surface area (Å²) in [6.07, 6.45) is 0.931. The fourth-order valence-electron chi connectivity index (χ4n) is 2.47. The van der Waals surface area contributed by atoms with Crippen molar-refractivity contribution >= 4 is 46.3 Å². The number of nitrogens with zero attached hydrogens (tertiary/aromatic N) is 2. The molecule has 0 fully saturated rings. The van der Waals surface area contributed by atoms with E-state index in [1.165, 1.54) is 38.5 Å². The molecule has 26 heavy (non-hydrogen) atoms. The number of benzene rings is 2. The summed E-state index contributed by atoms with van der Waals surface area (Å²) >= 11 is 5.71. The zero-order valence-electron chi connectivity index (χ0n) is 13.7. The van der Waals surface area contributed by atoms with Gasteiger partial charge in [0, 0.05) is 16.5 Å². The summed E-state index contributed by atoms with van der Waals surface area (Å²) in [6, 6.07) is 6.63. The third-order valence-corrected chi connectivity index (χ3v) is 3.89. The lowest BCUT2D eigenvalue weighted by atomic mass is 10.1. The van der Waals surface area contributed by atoms with E-state index in [-0.39, 0.29) is 34.2 Å². The van der Waals surface area contributed by atoms with Gasteiger partial charge in [0.2, 0.25) is 0 Å². The van der Waals surface area contributed by atoms with Crippen molar-refractivity contribution in [2.24, 2.45) is 0 Å². The average molecular weight is 403 g/mol. The van der Waals surface area contributed by atoms with Gasteiger partial charge in [0.05, 0.1) is 25.9 Å². The van der Waals surface area contributed by atoms with Gasteiger partial charge in [0.25, 0.3) is 0 Å². The molecule has 0 saturated carbocycles. The molecule has 0 spiro atoms. The lowest BCUT2D eigenvalue weighted by molar-refractivity contribution is 0.293. The Morgan fingerprint density at radius 3 is 2.31 bits per heavy atom. The van der Waals surface area contributed by atoms with Crippen molar-refractivity contribution in [1.29, 1.82) is 0 Å². The summed E-state index contributed by atoms with van der Waals surface area (Å²) in [5.74, 6) is -0.938. The van der Waals surface area contributed by atoms with Gasteiger partial charge >= 0.3 is 0 Å². The standard InChI is InChI=1S/C17H13ClF2N2O3.ClH/c1-24-15-6-10-13(7-16(15)25-2)21-8-12(20)17(10)22(23)14-4-3-9(18)5-11(14)19;/h3-8,23H,1-2H3;1H. The van der Waals surface area contributed by atoms with Crippen LogP contribution in [0.3, 0.4) is 0 Å². The molecule has 0 aliphatic heterocycles. The average Bonchev–Trinajstić information content (AvgIpc) is 2.60. The van der Waals surface area contributed by atoms with Gasteiger partial charge in [-0.05, 0) is 24.3 Å². The van der Waals surface area contributed by atoms with Gasteiger partial charge in [-0.1, -0.05) is 11.6 Å². The second-order valence-corrected chi connectivity index (χ2v) is 5.52. The Hall–Kier alpha value is -2.35. The predicted molar refractivity (Wildman–Crippen MR) is 97.4 cm³/mol. The Bertz CT molecular complexity index is 957. The van der Waals surface area contributed by atoms with Crippen molar-refractivity contribution in [3.8, 4) is 11.5 Å². The number of hydrogen-bond donors (Lipinski definition) is 1. The van der Waals surface area contributed by atoms with Gasteiger partial charge in [-0.3, -0.25) is 10.2 Å². The van der Waals surface area contributed by atoms with E-state index in [1.54, 1.807) is 0 Å². The van der Waals surface area contributed by atoms with E-state index >= 15 is 0 Å². The minimum atomic E-state index is -0.837. The predicted octanol–water partition coefficient (Wildman–Crippen LogP) is 5.13. The number of ether oxygens (including phenoxy) is 2. The van der Waals surface area contributed by atoms with Crippen LogP contribution in [0.25, 0.3) is 10.9 Å². The first-order valence-corrected chi connectivity index (χ1v) is 7.48. The van der Waals surface area contributed by atoms with Crippen LogP contribution in [0, 0.1) is 11.6 Å². The number of fused-ring (bicyclic) bond motifs is 1. The van der Waals surface area contributed by atoms with Gasteiger partial charge in [-0.25, -0.2) is 13.8 Å². The number of anilines is 2. The first kappa shape index (κ1) is 20.0. The molecule has 0 unspecified atom stereocenters. The first-order chi connectivity index (χ1) is 12.0. The van der Waals surface area contributed by atoms with Gasteiger partial charge in [-0.2, -0.15) is 0 Å². The fourth-order valence-corrected chi connectivity index (χ4v) is 2.63. The van der Waals surface area contributed by atoms with Crippen molar-refractivity contribution < 1.29 is 23.5 Å². The summed E-state index contributed by atoms with van der Waals surface area (Å²) in [6.45, 7) is 0. The summed E-state index contributed by atoms with van der Waals surface area (Å²) < 4.78 is 38.9. The molecule has 9 heteroatoms. The molecule has 138 valence electrons. The van der Waals surface area contributed by atoms with Crippen molar-refractivity contribution in [3.05, 3.63) is 53.2 Å². The van der Waals surface area contributed by atoms with E-state index in [0.717, 1.165) is 12.3 Å². The maximum absolute atomic E-state index is 14.4. The lowest BCUT2D eigenvalue weighted by Crippen LogP contribution is -2.15. The van der Waals surface area contributed by atoms with Crippen LogP contribution < -0.4 is 14.5 Å². The van der Waals surface area contributed by atoms with Crippen LogP contribution in [-0.2, 0) is 0 Å². The number of methoxy groups -OCH3 is 2. The molecule has 0 aliphatic carbocycles. The zero-order valence-corrected chi connectivity index (χ0v) is 15.2. The maximum Gasteiger partial charge on any atom is 0.168 e. The van der Waals surface area contributed by atoms with E-state index in [1.807, 2.05) is 0 Å². The molecule has 0 atom stereocenters. The van der Waals surface area contributed by atoms with Crippen molar-refractivity contribution in [2.45, 2.75) is 0 Å². The van der Waals surface area contributed by atoms with Gasteiger partial charge in [0.1, 0.15) is 11.4 Å². The summed E-state index contributed by atoms with van der Waals surface area (Å²) in [7, 11) is 2.88. The SMILES string of the molecule is COc1cc2ncc(F)c(N(O)c3ccc(Cl)cc3F)c2cc1OC.Cl. The minimum Gasteiger partial charge on any atom is -0.493 e. The van der Waals surface area contributed by atoms with E-state index in [4.69, 9.17) is 21.1 Å². The van der Waals surface area contributed by atoms with Crippen LogP contribution in [-0.4, -0.2) is 24.4 Å². The third kappa shape index (κ3) is 3.46. The molecular formula is C17H14Cl2F2N2O3. The lowest BCUT2D eigenvalue weighted by Gasteiger charge is -2.20. The minimum absolute atomic E-state index is 0. The Morgan fingerprint density at radius 1 is 1.04 bits per heavy atom. The quantitative estimate of drug-likeness (QED) is 0.612. The number of hydrogen-bond acceptors (Lipinski definition) is 5. The molecule has 2 aromatic carbocycles. The van der Waals surface area contributed by atoms with Crippen LogP contribution in [0.4, 0.5) is 20.2 Å². The largest absolute Gasteiger partial charge is 0.493 e. The zero-order chi connectivity index (χ0) is 18.1. The van der Waals surface area contributed by atoms with E-state index in [2.05, 4.69) is 4.98 Å². The molecule has 1 N–H and O–H groups in total. The summed E-state index contributed by atoms with van der Waals surface area (Å²) in [5.41, 5.74) is -0.194. The van der Waals surface area contributed by atoms with Gasteiger partial charge in [-0.15, -0.1) is 12.4 Å². The second-order valence-electron chi connectivity index (χ2n) is 5.09. The highest BCUT2D eigenvalue weighted by Gasteiger charge is 2.21. The molecule has 1 aromatic heterocycles. The summed E-state index contributed by atoms with van der Waals surface area (Å²) in [4.78, 5) is 3.97. The molecule has 0 bridgehead atoms. The Balaban J connectivity index is 0.00000243. The topological polar surface area (TPSA) is 54.8 Å². The molecule has 0 aliphatic rings. The molecule has 0 radical (unpaired) electrons. The Morgan fingerprint density at radius 2 is 1.69 bits per heavy atom. The van der Waals surface area contributed by atoms with Crippen LogP contribution in [0.5, 0.6) is 11.5 Å². The van der Waals surface area contributed by atoms with Crippen LogP contribution in [0.15, 0.2) is 36.5 Å². The number of aromatic nitrogens is 1. The monoisotopic (exact) mass is 402 g/mol. The van der Waals surface area contributed by atoms with Crippen LogP contribution in [0.2, 0.25) is 5.02 Å². The van der Waals surface area contributed by atoms with Crippen molar-refractivity contribution in [3.63, 3.8) is 0 Å². The third-order valence-electron chi connectivity index (χ3n) is 3.65. The number of pyridine rings is 1. The van der Waals surface area contributed by atoms with Crippen LogP contribution >= 0.6 is 24.0 Å². The molecule has 0 amide bonds. The molecular weight excluding hydrogens is 389 g/mol. The Labute approximate surface area is 159 Å². The maximum atomic E-state index is 14.4. The smallest absolute Gasteiger partial charge is 0.168 e. The van der Waals surface area contributed by atoms with Crippen molar-refractivity contribution in [1.82, 2.24) is 4.98 Å². The highest BCUT2D eigenvalue weighted by Crippen LogP contribution is 2.39. The number of halogens is 4. The van der Waals surface area contributed by atoms with Crippen LogP contribution in [0.1, 0.15) is 0 Å². The second kappa shape index (κ2) is 7.90. The van der Waals surface area contributed by atoms with E-state index < -0.39 is 11.6 Å². The van der Waals surface area contributed by atoms with E-state index in [9.17, 15) is 14.0 Å². The van der Waals surface area contributed by atoms with E-state index in [0.29, 0.717) is 22.1 Å². The highest BCUT2D eigenvalue weighted by atomic mass is 35.5. The van der Waals surface area contributed by atoms with Gasteiger partial charge in [0.15, 0.2) is 23.1 Å². The molecule has 5 nitrogen and oxygen atoms in total. The fraction of sp³-hybridized carbons (Fsp3) is 0.118. The molecule has 0 saturated heterocycles. The molecule has 3 rings (SSSR count). The normalized spacial score (nSPS) is 10.4. The molecule has 1 heterocycles. The summed E-state index contributed by atoms with van der Waals surface area (Å²) in [5, 5.41) is 11.2. The molecule has 3 aromatic rings.